The van der Waals surface area contributed by atoms with Crippen molar-refractivity contribution in [1.82, 2.24) is 34.5 Å². The maximum Gasteiger partial charge on any atom is 0.295 e. The lowest BCUT2D eigenvalue weighted by Crippen LogP contribution is -2.32. The van der Waals surface area contributed by atoms with E-state index in [0.29, 0.717) is 40.0 Å². The number of aromatic nitrogens is 7. The number of fused-ring (bicyclic) bond motifs is 1. The third-order valence-corrected chi connectivity index (χ3v) is 7.76. The molecule has 38 heavy (non-hydrogen) atoms. The Morgan fingerprint density at radius 3 is 2.53 bits per heavy atom. The van der Waals surface area contributed by atoms with Crippen molar-refractivity contribution in [3.63, 3.8) is 0 Å². The lowest BCUT2D eigenvalue weighted by molar-refractivity contribution is 0.313. The van der Waals surface area contributed by atoms with Crippen molar-refractivity contribution in [3.8, 4) is 17.3 Å². The van der Waals surface area contributed by atoms with Gasteiger partial charge in [-0.1, -0.05) is 0 Å². The van der Waals surface area contributed by atoms with Crippen LogP contribution in [0.4, 0.5) is 5.82 Å². The number of nitrogens with one attached hydrogen (secondary N) is 1. The minimum atomic E-state index is -3.84. The summed E-state index contributed by atoms with van der Waals surface area (Å²) in [7, 11) is -2.29. The van der Waals surface area contributed by atoms with E-state index in [-0.39, 0.29) is 28.9 Å². The van der Waals surface area contributed by atoms with Gasteiger partial charge in [0.15, 0.2) is 17.3 Å². The number of ether oxygens (including phenoxy) is 1. The molecule has 0 aliphatic heterocycles. The van der Waals surface area contributed by atoms with Crippen molar-refractivity contribution in [3.05, 3.63) is 52.6 Å². The van der Waals surface area contributed by atoms with E-state index in [1.165, 1.54) is 24.7 Å². The normalized spacial score (nSPS) is 15.8. The molecule has 0 aromatic carbocycles. The Kier molecular flexibility index (Phi) is 5.99. The molecule has 2 saturated carbocycles. The van der Waals surface area contributed by atoms with Crippen molar-refractivity contribution in [1.29, 1.82) is 0 Å². The molecule has 2 fully saturated rings. The van der Waals surface area contributed by atoms with Gasteiger partial charge in [-0.25, -0.2) is 38.5 Å². The number of hydrogen-bond donors (Lipinski definition) is 2. The quantitative estimate of drug-likeness (QED) is 0.336. The predicted molar refractivity (Wildman–Crippen MR) is 137 cm³/mol. The van der Waals surface area contributed by atoms with Crippen molar-refractivity contribution < 1.29 is 13.2 Å². The maximum absolute atomic E-state index is 13.6. The van der Waals surface area contributed by atoms with E-state index in [1.807, 2.05) is 0 Å². The molecule has 0 radical (unpaired) electrons. The van der Waals surface area contributed by atoms with E-state index in [9.17, 15) is 13.2 Å². The number of pyridine rings is 1. The Hall–Kier alpha value is -4.04. The van der Waals surface area contributed by atoms with Crippen LogP contribution in [0.2, 0.25) is 0 Å². The molecule has 2 aliphatic carbocycles. The summed E-state index contributed by atoms with van der Waals surface area (Å²) in [5.41, 5.74) is 2.61. The molecule has 0 amide bonds. The molecule has 196 valence electrons. The van der Waals surface area contributed by atoms with Crippen molar-refractivity contribution >= 4 is 27.0 Å². The number of anilines is 1. The molecule has 0 atom stereocenters. The molecule has 0 spiro atoms. The second-order valence-corrected chi connectivity index (χ2v) is 11.0. The highest BCUT2D eigenvalue weighted by Gasteiger charge is 2.32. The van der Waals surface area contributed by atoms with Gasteiger partial charge in [0, 0.05) is 18.2 Å². The summed E-state index contributed by atoms with van der Waals surface area (Å²) in [6.45, 7) is 0.158. The molecular formula is C24H25N9O4S. The minimum Gasteiger partial charge on any atom is -0.480 e. The number of primary sulfonamides is 1. The van der Waals surface area contributed by atoms with Gasteiger partial charge in [0.2, 0.25) is 15.9 Å². The molecule has 4 heterocycles. The van der Waals surface area contributed by atoms with Crippen LogP contribution in [0.25, 0.3) is 22.6 Å². The monoisotopic (exact) mass is 535 g/mol. The molecule has 6 rings (SSSR count). The zero-order valence-electron chi connectivity index (χ0n) is 20.5. The molecule has 0 bridgehead atoms. The van der Waals surface area contributed by atoms with Crippen LogP contribution in [0, 0.1) is 0 Å². The first-order valence-corrected chi connectivity index (χ1v) is 13.8. The number of sulfonamides is 1. The highest BCUT2D eigenvalue weighted by molar-refractivity contribution is 7.89. The fourth-order valence-corrected chi connectivity index (χ4v) is 4.95. The fourth-order valence-electron chi connectivity index (χ4n) is 4.49. The van der Waals surface area contributed by atoms with Crippen LogP contribution >= 0.6 is 0 Å². The second kappa shape index (κ2) is 9.36. The SMILES string of the molecule is COc1ncnc(C2CC2)c1-c1ncc2nc(NCc3ccc(S(N)(=O)=O)cn3)c(=O)n(C3CCC3)c2n1. The first kappa shape index (κ1) is 24.3. The fraction of sp³-hybridized carbons (Fsp3) is 0.375. The summed E-state index contributed by atoms with van der Waals surface area (Å²) < 4.78 is 30.1. The van der Waals surface area contributed by atoms with E-state index in [4.69, 9.17) is 14.9 Å². The third kappa shape index (κ3) is 4.45. The molecule has 3 N–H and O–H groups in total. The van der Waals surface area contributed by atoms with Gasteiger partial charge in [-0.15, -0.1) is 0 Å². The number of nitrogens with two attached hydrogens (primary N) is 1. The molecule has 14 heteroatoms. The topological polar surface area (TPSA) is 181 Å². The van der Waals surface area contributed by atoms with E-state index in [0.717, 1.165) is 37.8 Å². The van der Waals surface area contributed by atoms with Crippen molar-refractivity contribution in [2.75, 3.05) is 12.4 Å². The Labute approximate surface area is 217 Å². The van der Waals surface area contributed by atoms with Gasteiger partial charge in [0.05, 0.1) is 31.2 Å². The number of nitrogens with zero attached hydrogens (tertiary/aromatic N) is 7. The lowest BCUT2D eigenvalue weighted by atomic mass is 9.93. The van der Waals surface area contributed by atoms with Crippen LogP contribution in [0.3, 0.4) is 0 Å². The lowest BCUT2D eigenvalue weighted by Gasteiger charge is -2.28. The molecule has 4 aromatic rings. The summed E-state index contributed by atoms with van der Waals surface area (Å²) in [6, 6.07) is 2.90. The zero-order chi connectivity index (χ0) is 26.4. The predicted octanol–water partition coefficient (Wildman–Crippen LogP) is 1.91. The first-order chi connectivity index (χ1) is 18.3. The molecule has 13 nitrogen and oxygen atoms in total. The summed E-state index contributed by atoms with van der Waals surface area (Å²) in [5.74, 6) is 1.24. The Morgan fingerprint density at radius 1 is 1.08 bits per heavy atom. The summed E-state index contributed by atoms with van der Waals surface area (Å²) in [4.78, 5) is 40.3. The van der Waals surface area contributed by atoms with Gasteiger partial charge in [0.25, 0.3) is 5.56 Å². The summed E-state index contributed by atoms with van der Waals surface area (Å²) >= 11 is 0. The molecule has 0 saturated heterocycles. The summed E-state index contributed by atoms with van der Waals surface area (Å²) in [5, 5.41) is 8.17. The average molecular weight is 536 g/mol. The van der Waals surface area contributed by atoms with Crippen molar-refractivity contribution in [2.24, 2.45) is 5.14 Å². The largest absolute Gasteiger partial charge is 0.480 e. The number of methoxy groups -OCH3 is 1. The minimum absolute atomic E-state index is 0.000269. The van der Waals surface area contributed by atoms with Gasteiger partial charge >= 0.3 is 0 Å². The van der Waals surface area contributed by atoms with E-state index >= 15 is 0 Å². The number of hydrogen-bond acceptors (Lipinski definition) is 11. The van der Waals surface area contributed by atoms with Crippen LogP contribution in [0.15, 0.2) is 40.5 Å². The zero-order valence-corrected chi connectivity index (χ0v) is 21.3. The van der Waals surface area contributed by atoms with E-state index in [2.05, 4.69) is 30.2 Å². The number of rotatable bonds is 8. The van der Waals surface area contributed by atoms with Crippen LogP contribution in [-0.4, -0.2) is 50.0 Å². The van der Waals surface area contributed by atoms with Gasteiger partial charge in [-0.2, -0.15) is 0 Å². The molecule has 2 aliphatic rings. The highest BCUT2D eigenvalue weighted by atomic mass is 32.2. The van der Waals surface area contributed by atoms with Gasteiger partial charge in [0.1, 0.15) is 22.3 Å². The standard InChI is InChI=1S/C24H25N9O4S/c1-37-23-18(19(13-5-6-13)29-12-30-23)20-28-11-17-22(32-20)33(15-3-2-4-15)24(34)21(31-17)27-9-14-7-8-16(10-26-14)38(25,35)36/h7-8,10-13,15H,2-6,9H2,1H3,(H,27,31)(H2,25,35,36). The highest BCUT2D eigenvalue weighted by Crippen LogP contribution is 2.45. The smallest absolute Gasteiger partial charge is 0.295 e. The van der Waals surface area contributed by atoms with Crippen LogP contribution in [0.1, 0.15) is 55.5 Å². The Bertz CT molecular complexity index is 1700. The second-order valence-electron chi connectivity index (χ2n) is 9.42. The molecule has 4 aromatic heterocycles. The molecular weight excluding hydrogens is 510 g/mol. The summed E-state index contributed by atoms with van der Waals surface area (Å²) in [6.07, 6.45) is 9.07. The van der Waals surface area contributed by atoms with E-state index < -0.39 is 10.0 Å². The van der Waals surface area contributed by atoms with Gasteiger partial charge in [-0.3, -0.25) is 14.3 Å². The van der Waals surface area contributed by atoms with Crippen LogP contribution in [0.5, 0.6) is 5.88 Å². The van der Waals surface area contributed by atoms with Crippen LogP contribution in [-0.2, 0) is 16.6 Å². The van der Waals surface area contributed by atoms with Gasteiger partial charge < -0.3 is 10.1 Å². The Morgan fingerprint density at radius 2 is 1.89 bits per heavy atom. The molecule has 0 unspecified atom stereocenters. The Balaban J connectivity index is 1.40. The van der Waals surface area contributed by atoms with Crippen molar-refractivity contribution in [2.45, 2.75) is 55.5 Å². The first-order valence-electron chi connectivity index (χ1n) is 12.2. The van der Waals surface area contributed by atoms with E-state index in [1.54, 1.807) is 17.9 Å². The van der Waals surface area contributed by atoms with Crippen LogP contribution < -0.4 is 20.8 Å². The average Bonchev–Trinajstić information content (AvgIpc) is 3.73. The maximum atomic E-state index is 13.6. The third-order valence-electron chi connectivity index (χ3n) is 6.86. The van der Waals surface area contributed by atoms with Gasteiger partial charge in [-0.05, 0) is 44.2 Å².